The summed E-state index contributed by atoms with van der Waals surface area (Å²) in [6.07, 6.45) is 3.95. The Morgan fingerprint density at radius 2 is 1.90 bits per heavy atom. The Morgan fingerprint density at radius 3 is 2.53 bits per heavy atom. The first-order valence-electron chi connectivity index (χ1n) is 9.73. The summed E-state index contributed by atoms with van der Waals surface area (Å²) in [7, 11) is 1.47. The van der Waals surface area contributed by atoms with E-state index >= 15 is 0 Å². The smallest absolute Gasteiger partial charge is 0.272 e. The molecule has 1 heterocycles. The second-order valence-corrected chi connectivity index (χ2v) is 8.21. The van der Waals surface area contributed by atoms with Crippen LogP contribution >= 0.6 is 11.8 Å². The van der Waals surface area contributed by atoms with E-state index in [4.69, 9.17) is 11.7 Å². The molecular formula is C22H28N6OS. The van der Waals surface area contributed by atoms with E-state index in [1.54, 1.807) is 11.8 Å². The van der Waals surface area contributed by atoms with E-state index in [0.717, 1.165) is 38.8 Å². The molecule has 0 radical (unpaired) electrons. The minimum Gasteiger partial charge on any atom is -0.272 e. The van der Waals surface area contributed by atoms with E-state index in [2.05, 4.69) is 43.3 Å². The maximum absolute atomic E-state index is 12.2. The first kappa shape index (κ1) is 21.9. The van der Waals surface area contributed by atoms with Gasteiger partial charge in [0.25, 0.3) is 0 Å². The van der Waals surface area contributed by atoms with Crippen molar-refractivity contribution in [1.29, 1.82) is 0 Å². The van der Waals surface area contributed by atoms with Crippen LogP contribution in [0.1, 0.15) is 23.6 Å². The third-order valence-corrected chi connectivity index (χ3v) is 6.19. The molecule has 1 aromatic heterocycles. The summed E-state index contributed by atoms with van der Waals surface area (Å²) in [4.78, 5) is 13.4. The van der Waals surface area contributed by atoms with Gasteiger partial charge in [0.1, 0.15) is 0 Å². The zero-order valence-corrected chi connectivity index (χ0v) is 18.6. The van der Waals surface area contributed by atoms with Gasteiger partial charge in [0.05, 0.1) is 11.9 Å². The molecule has 30 heavy (non-hydrogen) atoms. The minimum atomic E-state index is -0.472. The van der Waals surface area contributed by atoms with Gasteiger partial charge in [0.15, 0.2) is 0 Å². The van der Waals surface area contributed by atoms with Crippen molar-refractivity contribution in [2.24, 2.45) is 11.7 Å². The van der Waals surface area contributed by atoms with E-state index in [0.29, 0.717) is 11.4 Å². The standard InChI is InChI=1S/C22H28N6OS/c1-5-27-13-18(12-25-27)17-9-10-21(16(3)11-17)30-14-19-15(2)7-6-8-20(19)28(24)22(29)26(4)23/h6-13H,5,14,23-24H2,1-4H3. The number of hydrogen-bond acceptors (Lipinski definition) is 5. The Bertz CT molecular complexity index is 1050. The normalized spacial score (nSPS) is 10.9. The van der Waals surface area contributed by atoms with Crippen molar-refractivity contribution in [2.75, 3.05) is 12.1 Å². The number of aromatic nitrogens is 2. The molecule has 0 aliphatic heterocycles. The van der Waals surface area contributed by atoms with Crippen LogP contribution in [0.4, 0.5) is 10.5 Å². The molecule has 0 saturated heterocycles. The number of anilines is 1. The number of rotatable bonds is 6. The number of carbonyl (C=O) groups excluding carboxylic acids is 1. The lowest BCUT2D eigenvalue weighted by Crippen LogP contribution is -2.49. The molecule has 2 amide bonds. The molecule has 2 aromatic carbocycles. The molecule has 8 heteroatoms. The molecular weight excluding hydrogens is 396 g/mol. The molecule has 0 aliphatic carbocycles. The van der Waals surface area contributed by atoms with Crippen molar-refractivity contribution in [3.8, 4) is 11.1 Å². The highest BCUT2D eigenvalue weighted by atomic mass is 32.2. The average Bonchev–Trinajstić information content (AvgIpc) is 3.21. The predicted molar refractivity (Wildman–Crippen MR) is 123 cm³/mol. The fourth-order valence-corrected chi connectivity index (χ4v) is 4.33. The van der Waals surface area contributed by atoms with E-state index in [-0.39, 0.29) is 0 Å². The van der Waals surface area contributed by atoms with Crippen LogP contribution in [0.5, 0.6) is 0 Å². The van der Waals surface area contributed by atoms with Crippen molar-refractivity contribution in [1.82, 2.24) is 14.8 Å². The van der Waals surface area contributed by atoms with Gasteiger partial charge in [-0.3, -0.25) is 9.69 Å². The van der Waals surface area contributed by atoms with Crippen LogP contribution in [-0.2, 0) is 12.3 Å². The second-order valence-electron chi connectivity index (χ2n) is 7.19. The first-order valence-corrected chi connectivity index (χ1v) is 10.7. The summed E-state index contributed by atoms with van der Waals surface area (Å²) in [5.41, 5.74) is 6.20. The quantitative estimate of drug-likeness (QED) is 0.269. The number of carbonyl (C=O) groups is 1. The van der Waals surface area contributed by atoms with Gasteiger partial charge in [-0.2, -0.15) is 5.10 Å². The summed E-state index contributed by atoms with van der Waals surface area (Å²) in [6, 6.07) is 11.7. The van der Waals surface area contributed by atoms with Gasteiger partial charge in [-0.15, -0.1) is 11.8 Å². The number of nitrogens with zero attached hydrogens (tertiary/aromatic N) is 4. The zero-order chi connectivity index (χ0) is 21.8. The molecule has 3 rings (SSSR count). The van der Waals surface area contributed by atoms with Crippen LogP contribution < -0.4 is 16.7 Å². The maximum atomic E-state index is 12.2. The Hall–Kier alpha value is -2.81. The van der Waals surface area contributed by atoms with Gasteiger partial charge in [-0.25, -0.2) is 21.5 Å². The third kappa shape index (κ3) is 4.67. The highest BCUT2D eigenvalue weighted by Crippen LogP contribution is 2.33. The average molecular weight is 425 g/mol. The van der Waals surface area contributed by atoms with Gasteiger partial charge in [-0.05, 0) is 55.2 Å². The van der Waals surface area contributed by atoms with Crippen LogP contribution in [0, 0.1) is 13.8 Å². The zero-order valence-electron chi connectivity index (χ0n) is 17.8. The number of benzene rings is 2. The summed E-state index contributed by atoms with van der Waals surface area (Å²) >= 11 is 1.72. The molecule has 7 nitrogen and oxygen atoms in total. The third-order valence-electron chi connectivity index (χ3n) is 4.99. The highest BCUT2D eigenvalue weighted by molar-refractivity contribution is 7.98. The topological polar surface area (TPSA) is 93.4 Å². The number of aryl methyl sites for hydroxylation is 3. The number of urea groups is 1. The minimum absolute atomic E-state index is 0.472. The van der Waals surface area contributed by atoms with Gasteiger partial charge >= 0.3 is 6.03 Å². The van der Waals surface area contributed by atoms with Gasteiger partial charge < -0.3 is 0 Å². The molecule has 4 N–H and O–H groups in total. The maximum Gasteiger partial charge on any atom is 0.352 e. The predicted octanol–water partition coefficient (Wildman–Crippen LogP) is 4.08. The van der Waals surface area contributed by atoms with Crippen molar-refractivity contribution in [2.45, 2.75) is 38.0 Å². The van der Waals surface area contributed by atoms with Crippen molar-refractivity contribution >= 4 is 23.5 Å². The molecule has 0 atom stereocenters. The summed E-state index contributed by atoms with van der Waals surface area (Å²) in [5, 5.41) is 6.43. The van der Waals surface area contributed by atoms with E-state index in [1.165, 1.54) is 17.5 Å². The Labute approximate surface area is 181 Å². The van der Waals surface area contributed by atoms with Crippen LogP contribution in [0.25, 0.3) is 11.1 Å². The fraction of sp³-hybridized carbons (Fsp3) is 0.273. The molecule has 3 aromatic rings. The molecule has 0 spiro atoms. The Kier molecular flexibility index (Phi) is 6.81. The number of hydrogen-bond donors (Lipinski definition) is 2. The van der Waals surface area contributed by atoms with Gasteiger partial charge in [-0.1, -0.05) is 24.3 Å². The number of thioether (sulfide) groups is 1. The monoisotopic (exact) mass is 424 g/mol. The molecule has 0 saturated carbocycles. The molecule has 0 unspecified atom stereocenters. The van der Waals surface area contributed by atoms with Crippen LogP contribution in [-0.4, -0.2) is 27.9 Å². The van der Waals surface area contributed by atoms with E-state index in [1.807, 2.05) is 36.0 Å². The van der Waals surface area contributed by atoms with Crippen LogP contribution in [0.2, 0.25) is 0 Å². The van der Waals surface area contributed by atoms with Crippen molar-refractivity contribution < 1.29 is 4.79 Å². The fourth-order valence-electron chi connectivity index (χ4n) is 3.20. The highest BCUT2D eigenvalue weighted by Gasteiger charge is 2.19. The number of hydrazine groups is 2. The van der Waals surface area contributed by atoms with Crippen molar-refractivity contribution in [3.05, 3.63) is 65.5 Å². The van der Waals surface area contributed by atoms with Crippen LogP contribution in [0.3, 0.4) is 0 Å². The Balaban J connectivity index is 1.81. The second kappa shape index (κ2) is 9.34. The molecule has 158 valence electrons. The first-order chi connectivity index (χ1) is 14.3. The number of nitrogens with two attached hydrogens (primary N) is 2. The molecule has 0 aliphatic rings. The lowest BCUT2D eigenvalue weighted by Gasteiger charge is -2.24. The number of amides is 2. The van der Waals surface area contributed by atoms with Crippen LogP contribution in [0.15, 0.2) is 53.7 Å². The largest absolute Gasteiger partial charge is 0.352 e. The summed E-state index contributed by atoms with van der Waals surface area (Å²) < 4.78 is 1.92. The lowest BCUT2D eigenvalue weighted by molar-refractivity contribution is 0.216. The SMILES string of the molecule is CCn1cc(-c2ccc(SCc3c(C)cccc3N(N)C(=O)N(C)N)c(C)c2)cn1. The Morgan fingerprint density at radius 1 is 1.13 bits per heavy atom. The lowest BCUT2D eigenvalue weighted by atomic mass is 10.1. The van der Waals surface area contributed by atoms with Gasteiger partial charge in [0.2, 0.25) is 0 Å². The summed E-state index contributed by atoms with van der Waals surface area (Å²) in [5.74, 6) is 12.3. The summed E-state index contributed by atoms with van der Waals surface area (Å²) in [6.45, 7) is 7.05. The van der Waals surface area contributed by atoms with Crippen molar-refractivity contribution in [3.63, 3.8) is 0 Å². The molecule has 0 fully saturated rings. The van der Waals surface area contributed by atoms with E-state index in [9.17, 15) is 4.79 Å². The van der Waals surface area contributed by atoms with E-state index < -0.39 is 6.03 Å². The molecule has 0 bridgehead atoms. The van der Waals surface area contributed by atoms with Gasteiger partial charge in [0, 0.05) is 36.0 Å².